The van der Waals surface area contributed by atoms with E-state index in [1.54, 1.807) is 7.11 Å². The van der Waals surface area contributed by atoms with Crippen LogP contribution in [0.15, 0.2) is 72.8 Å². The average molecular weight is 315 g/mol. The highest BCUT2D eigenvalue weighted by Crippen LogP contribution is 2.30. The SMILES string of the molecule is COc1cccc(-n2c(-c3cccc(N)c3)nc3ccccc32)c1. The first-order valence-electron chi connectivity index (χ1n) is 7.74. The molecule has 0 aliphatic rings. The van der Waals surface area contributed by atoms with Gasteiger partial charge in [-0.1, -0.05) is 30.3 Å². The molecule has 4 aromatic rings. The fraction of sp³-hybridized carbons (Fsp3) is 0.0500. The summed E-state index contributed by atoms with van der Waals surface area (Å²) in [6, 6.07) is 23.8. The van der Waals surface area contributed by atoms with Gasteiger partial charge in [0.05, 0.1) is 23.8 Å². The zero-order chi connectivity index (χ0) is 16.5. The third-order valence-corrected chi connectivity index (χ3v) is 4.02. The maximum Gasteiger partial charge on any atom is 0.145 e. The molecule has 0 aliphatic heterocycles. The highest BCUT2D eigenvalue weighted by Gasteiger charge is 2.14. The van der Waals surface area contributed by atoms with Crippen molar-refractivity contribution in [1.82, 2.24) is 9.55 Å². The molecule has 1 aromatic heterocycles. The van der Waals surface area contributed by atoms with Crippen LogP contribution in [0.1, 0.15) is 0 Å². The molecular weight excluding hydrogens is 298 g/mol. The molecule has 0 aliphatic carbocycles. The number of para-hydroxylation sites is 2. The summed E-state index contributed by atoms with van der Waals surface area (Å²) >= 11 is 0. The van der Waals surface area contributed by atoms with Gasteiger partial charge in [0.25, 0.3) is 0 Å². The Bertz CT molecular complexity index is 1020. The van der Waals surface area contributed by atoms with Gasteiger partial charge in [-0.3, -0.25) is 4.57 Å². The Balaban J connectivity index is 2.03. The summed E-state index contributed by atoms with van der Waals surface area (Å²) in [7, 11) is 1.67. The van der Waals surface area contributed by atoms with Crippen molar-refractivity contribution in [2.75, 3.05) is 12.8 Å². The monoisotopic (exact) mass is 315 g/mol. The van der Waals surface area contributed by atoms with E-state index in [2.05, 4.69) is 10.6 Å². The second-order valence-electron chi connectivity index (χ2n) is 5.59. The molecule has 0 saturated heterocycles. The average Bonchev–Trinajstić information content (AvgIpc) is 3.01. The van der Waals surface area contributed by atoms with Crippen molar-refractivity contribution in [3.63, 3.8) is 0 Å². The minimum atomic E-state index is 0.719. The number of methoxy groups -OCH3 is 1. The number of imidazole rings is 1. The Kier molecular flexibility index (Phi) is 3.43. The van der Waals surface area contributed by atoms with Crippen molar-refractivity contribution in [1.29, 1.82) is 0 Å². The molecule has 0 spiro atoms. The van der Waals surface area contributed by atoms with E-state index in [-0.39, 0.29) is 0 Å². The van der Waals surface area contributed by atoms with Gasteiger partial charge in [0, 0.05) is 17.3 Å². The number of nitrogen functional groups attached to an aromatic ring is 1. The van der Waals surface area contributed by atoms with Gasteiger partial charge in [0.1, 0.15) is 11.6 Å². The summed E-state index contributed by atoms with van der Waals surface area (Å²) < 4.78 is 7.51. The molecule has 24 heavy (non-hydrogen) atoms. The van der Waals surface area contributed by atoms with Gasteiger partial charge in [-0.25, -0.2) is 4.98 Å². The lowest BCUT2D eigenvalue weighted by atomic mass is 10.2. The molecular formula is C20H17N3O. The van der Waals surface area contributed by atoms with E-state index in [9.17, 15) is 0 Å². The van der Waals surface area contributed by atoms with E-state index in [1.165, 1.54) is 0 Å². The van der Waals surface area contributed by atoms with Crippen LogP contribution in [0.4, 0.5) is 5.69 Å². The minimum absolute atomic E-state index is 0.719. The van der Waals surface area contributed by atoms with Crippen molar-refractivity contribution >= 4 is 16.7 Å². The number of nitrogens with zero attached hydrogens (tertiary/aromatic N) is 2. The minimum Gasteiger partial charge on any atom is -0.497 e. The quantitative estimate of drug-likeness (QED) is 0.574. The van der Waals surface area contributed by atoms with Gasteiger partial charge in [-0.05, 0) is 36.4 Å². The van der Waals surface area contributed by atoms with E-state index in [4.69, 9.17) is 15.5 Å². The predicted octanol–water partition coefficient (Wildman–Crippen LogP) is 4.28. The highest BCUT2D eigenvalue weighted by molar-refractivity contribution is 5.83. The number of hydrogen-bond acceptors (Lipinski definition) is 3. The molecule has 1 heterocycles. The summed E-state index contributed by atoms with van der Waals surface area (Å²) in [5.74, 6) is 1.67. The van der Waals surface area contributed by atoms with Gasteiger partial charge < -0.3 is 10.5 Å². The topological polar surface area (TPSA) is 53.1 Å². The molecule has 118 valence electrons. The van der Waals surface area contributed by atoms with Crippen LogP contribution in [0.25, 0.3) is 28.1 Å². The molecule has 0 saturated carbocycles. The first-order chi connectivity index (χ1) is 11.8. The van der Waals surface area contributed by atoms with Crippen LogP contribution >= 0.6 is 0 Å². The number of ether oxygens (including phenoxy) is 1. The Hall–Kier alpha value is -3.27. The van der Waals surface area contributed by atoms with Crippen LogP contribution in [0.3, 0.4) is 0 Å². The molecule has 0 bridgehead atoms. The zero-order valence-electron chi connectivity index (χ0n) is 13.3. The Morgan fingerprint density at radius 1 is 0.917 bits per heavy atom. The number of rotatable bonds is 3. The van der Waals surface area contributed by atoms with E-state index >= 15 is 0 Å². The summed E-state index contributed by atoms with van der Waals surface area (Å²) in [6.45, 7) is 0. The van der Waals surface area contributed by atoms with E-state index in [0.717, 1.165) is 39.5 Å². The highest BCUT2D eigenvalue weighted by atomic mass is 16.5. The fourth-order valence-corrected chi connectivity index (χ4v) is 2.91. The van der Waals surface area contributed by atoms with Gasteiger partial charge >= 0.3 is 0 Å². The lowest BCUT2D eigenvalue weighted by molar-refractivity contribution is 0.414. The predicted molar refractivity (Wildman–Crippen MR) is 97.5 cm³/mol. The van der Waals surface area contributed by atoms with Crippen LogP contribution in [-0.2, 0) is 0 Å². The molecule has 4 heteroatoms. The summed E-state index contributed by atoms with van der Waals surface area (Å²) in [4.78, 5) is 4.82. The van der Waals surface area contributed by atoms with Crippen molar-refractivity contribution in [3.8, 4) is 22.8 Å². The number of benzene rings is 3. The van der Waals surface area contributed by atoms with Crippen LogP contribution in [-0.4, -0.2) is 16.7 Å². The van der Waals surface area contributed by atoms with Crippen LogP contribution < -0.4 is 10.5 Å². The molecule has 4 rings (SSSR count). The van der Waals surface area contributed by atoms with E-state index in [0.29, 0.717) is 0 Å². The first kappa shape index (κ1) is 14.3. The largest absolute Gasteiger partial charge is 0.497 e. The van der Waals surface area contributed by atoms with E-state index < -0.39 is 0 Å². The van der Waals surface area contributed by atoms with Crippen molar-refractivity contribution in [3.05, 3.63) is 72.8 Å². The Labute approximate surface area is 140 Å². The summed E-state index contributed by atoms with van der Waals surface area (Å²) in [5, 5.41) is 0. The third-order valence-electron chi connectivity index (χ3n) is 4.02. The Morgan fingerprint density at radius 2 is 1.75 bits per heavy atom. The summed E-state index contributed by atoms with van der Waals surface area (Å²) in [6.07, 6.45) is 0. The lowest BCUT2D eigenvalue weighted by Gasteiger charge is -2.11. The summed E-state index contributed by atoms with van der Waals surface area (Å²) in [5.41, 5.74) is 10.7. The number of fused-ring (bicyclic) bond motifs is 1. The van der Waals surface area contributed by atoms with Gasteiger partial charge in [-0.15, -0.1) is 0 Å². The van der Waals surface area contributed by atoms with Crippen molar-refractivity contribution < 1.29 is 4.74 Å². The Morgan fingerprint density at radius 3 is 2.58 bits per heavy atom. The number of hydrogen-bond donors (Lipinski definition) is 1. The van der Waals surface area contributed by atoms with Crippen molar-refractivity contribution in [2.24, 2.45) is 0 Å². The molecule has 0 amide bonds. The molecule has 0 atom stereocenters. The van der Waals surface area contributed by atoms with Gasteiger partial charge in [0.2, 0.25) is 0 Å². The maximum absolute atomic E-state index is 5.97. The van der Waals surface area contributed by atoms with E-state index in [1.807, 2.05) is 66.7 Å². The molecule has 0 radical (unpaired) electrons. The number of aromatic nitrogens is 2. The van der Waals surface area contributed by atoms with Crippen LogP contribution in [0.2, 0.25) is 0 Å². The molecule has 4 nitrogen and oxygen atoms in total. The fourth-order valence-electron chi connectivity index (χ4n) is 2.91. The third kappa shape index (κ3) is 2.38. The van der Waals surface area contributed by atoms with Gasteiger partial charge in [-0.2, -0.15) is 0 Å². The standard InChI is InChI=1S/C20H17N3O/c1-24-17-9-5-8-16(13-17)23-19-11-3-2-10-18(19)22-20(23)14-6-4-7-15(21)12-14/h2-13H,21H2,1H3. The normalized spacial score (nSPS) is 10.9. The lowest BCUT2D eigenvalue weighted by Crippen LogP contribution is -1.98. The second kappa shape index (κ2) is 5.74. The van der Waals surface area contributed by atoms with Crippen molar-refractivity contribution in [2.45, 2.75) is 0 Å². The van der Waals surface area contributed by atoms with Crippen LogP contribution in [0.5, 0.6) is 5.75 Å². The second-order valence-corrected chi connectivity index (χ2v) is 5.59. The van der Waals surface area contributed by atoms with Gasteiger partial charge in [0.15, 0.2) is 0 Å². The maximum atomic E-state index is 5.97. The molecule has 3 aromatic carbocycles. The molecule has 0 unspecified atom stereocenters. The van der Waals surface area contributed by atoms with Crippen LogP contribution in [0, 0.1) is 0 Å². The molecule has 0 fully saturated rings. The smallest absolute Gasteiger partial charge is 0.145 e. The zero-order valence-corrected chi connectivity index (χ0v) is 13.3. The number of nitrogens with two attached hydrogens (primary N) is 1. The number of anilines is 1. The molecule has 2 N–H and O–H groups in total. The first-order valence-corrected chi connectivity index (χ1v) is 7.74.